The van der Waals surface area contributed by atoms with Crippen LogP contribution in [-0.4, -0.2) is 14.8 Å². The van der Waals surface area contributed by atoms with Gasteiger partial charge in [0.15, 0.2) is 4.77 Å². The standard InChI is InChI=1S/C10H13N3S2/c1-7(2)9-11-12-10(14)13(9)5-8-3-4-15-6-8/h3-4,6-7H,5H2,1-2H3,(H,12,14). The topological polar surface area (TPSA) is 33.6 Å². The summed E-state index contributed by atoms with van der Waals surface area (Å²) in [6.07, 6.45) is 0. The zero-order chi connectivity index (χ0) is 10.8. The minimum Gasteiger partial charge on any atom is -0.299 e. The van der Waals surface area contributed by atoms with Gasteiger partial charge in [0.2, 0.25) is 0 Å². The van der Waals surface area contributed by atoms with Crippen molar-refractivity contribution in [3.63, 3.8) is 0 Å². The van der Waals surface area contributed by atoms with Crippen LogP contribution in [-0.2, 0) is 6.54 Å². The van der Waals surface area contributed by atoms with Crippen LogP contribution in [0.1, 0.15) is 31.2 Å². The fraction of sp³-hybridized carbons (Fsp3) is 0.400. The summed E-state index contributed by atoms with van der Waals surface area (Å²) in [5, 5.41) is 11.3. The maximum atomic E-state index is 5.21. The molecule has 5 heteroatoms. The van der Waals surface area contributed by atoms with Gasteiger partial charge >= 0.3 is 0 Å². The van der Waals surface area contributed by atoms with Gasteiger partial charge in [0.25, 0.3) is 0 Å². The Morgan fingerprint density at radius 2 is 2.40 bits per heavy atom. The molecule has 2 aromatic rings. The third-order valence-electron chi connectivity index (χ3n) is 2.22. The molecule has 0 saturated heterocycles. The van der Waals surface area contributed by atoms with Crippen molar-refractivity contribution < 1.29 is 0 Å². The van der Waals surface area contributed by atoms with Crippen molar-refractivity contribution >= 4 is 23.6 Å². The highest BCUT2D eigenvalue weighted by Gasteiger charge is 2.10. The van der Waals surface area contributed by atoms with Gasteiger partial charge in [-0.3, -0.25) is 9.67 Å². The number of hydrogen-bond donors (Lipinski definition) is 1. The smallest absolute Gasteiger partial charge is 0.195 e. The van der Waals surface area contributed by atoms with Crippen LogP contribution in [0.4, 0.5) is 0 Å². The van der Waals surface area contributed by atoms with E-state index in [1.54, 1.807) is 11.3 Å². The van der Waals surface area contributed by atoms with Crippen molar-refractivity contribution in [1.82, 2.24) is 14.8 Å². The quantitative estimate of drug-likeness (QED) is 0.835. The highest BCUT2D eigenvalue weighted by Crippen LogP contribution is 2.15. The van der Waals surface area contributed by atoms with Crippen LogP contribution in [0.25, 0.3) is 0 Å². The van der Waals surface area contributed by atoms with Gasteiger partial charge in [-0.2, -0.15) is 16.4 Å². The van der Waals surface area contributed by atoms with Crippen molar-refractivity contribution in [2.24, 2.45) is 0 Å². The molecule has 0 atom stereocenters. The molecular formula is C10H13N3S2. The molecule has 0 radical (unpaired) electrons. The second kappa shape index (κ2) is 4.28. The third kappa shape index (κ3) is 2.18. The Kier molecular flexibility index (Phi) is 3.02. The molecular weight excluding hydrogens is 226 g/mol. The van der Waals surface area contributed by atoms with Crippen molar-refractivity contribution in [3.05, 3.63) is 33.0 Å². The first kappa shape index (κ1) is 10.6. The van der Waals surface area contributed by atoms with Crippen molar-refractivity contribution in [1.29, 1.82) is 0 Å². The van der Waals surface area contributed by atoms with Crippen molar-refractivity contribution in [2.75, 3.05) is 0 Å². The predicted octanol–water partition coefficient (Wildman–Crippen LogP) is 3.17. The normalized spacial score (nSPS) is 11.1. The van der Waals surface area contributed by atoms with Gasteiger partial charge in [-0.05, 0) is 34.6 Å². The lowest BCUT2D eigenvalue weighted by atomic mass is 10.2. The molecule has 0 aliphatic rings. The van der Waals surface area contributed by atoms with Crippen molar-refractivity contribution in [2.45, 2.75) is 26.3 Å². The SMILES string of the molecule is CC(C)c1n[nH]c(=S)n1Cc1ccsc1. The molecule has 80 valence electrons. The Labute approximate surface area is 97.8 Å². The molecule has 0 unspecified atom stereocenters. The molecule has 0 aromatic carbocycles. The summed E-state index contributed by atoms with van der Waals surface area (Å²) in [4.78, 5) is 0. The Morgan fingerprint density at radius 1 is 1.60 bits per heavy atom. The van der Waals surface area contributed by atoms with Crippen LogP contribution in [0.15, 0.2) is 16.8 Å². The summed E-state index contributed by atoms with van der Waals surface area (Å²) < 4.78 is 2.76. The van der Waals surface area contributed by atoms with Crippen LogP contribution in [0.2, 0.25) is 0 Å². The monoisotopic (exact) mass is 239 g/mol. The number of rotatable bonds is 3. The lowest BCUT2D eigenvalue weighted by Crippen LogP contribution is -2.06. The minimum absolute atomic E-state index is 0.386. The van der Waals surface area contributed by atoms with E-state index in [0.717, 1.165) is 12.4 Å². The minimum atomic E-state index is 0.386. The molecule has 2 aromatic heterocycles. The molecule has 0 fully saturated rings. The van der Waals surface area contributed by atoms with E-state index in [-0.39, 0.29) is 0 Å². The van der Waals surface area contributed by atoms with E-state index in [1.165, 1.54) is 5.56 Å². The molecule has 3 nitrogen and oxygen atoms in total. The molecule has 0 aliphatic heterocycles. The maximum Gasteiger partial charge on any atom is 0.195 e. The van der Waals surface area contributed by atoms with Crippen molar-refractivity contribution in [3.8, 4) is 0 Å². The second-order valence-corrected chi connectivity index (χ2v) is 4.93. The van der Waals surface area contributed by atoms with Crippen LogP contribution < -0.4 is 0 Å². The van der Waals surface area contributed by atoms with Gasteiger partial charge in [0.05, 0.1) is 6.54 Å². The Hall–Kier alpha value is -0.940. The van der Waals surface area contributed by atoms with Gasteiger partial charge in [-0.15, -0.1) is 0 Å². The molecule has 15 heavy (non-hydrogen) atoms. The van der Waals surface area contributed by atoms with E-state index in [0.29, 0.717) is 10.7 Å². The summed E-state index contributed by atoms with van der Waals surface area (Å²) in [6.45, 7) is 5.05. The lowest BCUT2D eigenvalue weighted by molar-refractivity contribution is 0.665. The summed E-state index contributed by atoms with van der Waals surface area (Å²) in [7, 11) is 0. The van der Waals surface area contributed by atoms with Gasteiger partial charge in [0, 0.05) is 5.92 Å². The first-order chi connectivity index (χ1) is 7.18. The molecule has 0 amide bonds. The molecule has 0 saturated carbocycles. The summed E-state index contributed by atoms with van der Waals surface area (Å²) in [6, 6.07) is 2.11. The Balaban J connectivity index is 2.35. The summed E-state index contributed by atoms with van der Waals surface area (Å²) >= 11 is 6.92. The van der Waals surface area contributed by atoms with E-state index in [2.05, 4.69) is 45.4 Å². The average molecular weight is 239 g/mol. The number of thiophene rings is 1. The molecule has 0 bridgehead atoms. The largest absolute Gasteiger partial charge is 0.299 e. The highest BCUT2D eigenvalue weighted by molar-refractivity contribution is 7.71. The second-order valence-electron chi connectivity index (χ2n) is 3.76. The van der Waals surface area contributed by atoms with Crippen LogP contribution in [0.5, 0.6) is 0 Å². The molecule has 2 rings (SSSR count). The molecule has 2 heterocycles. The first-order valence-corrected chi connectivity index (χ1v) is 6.19. The fourth-order valence-electron chi connectivity index (χ4n) is 1.49. The zero-order valence-electron chi connectivity index (χ0n) is 8.73. The van der Waals surface area contributed by atoms with E-state index >= 15 is 0 Å². The van der Waals surface area contributed by atoms with Gasteiger partial charge in [-0.25, -0.2) is 0 Å². The number of nitrogens with zero attached hydrogens (tertiary/aromatic N) is 2. The number of hydrogen-bond acceptors (Lipinski definition) is 3. The molecule has 0 aliphatic carbocycles. The van der Waals surface area contributed by atoms with Gasteiger partial charge in [-0.1, -0.05) is 13.8 Å². The van der Waals surface area contributed by atoms with Crippen LogP contribution in [0, 0.1) is 4.77 Å². The number of aromatic amines is 1. The van der Waals surface area contributed by atoms with E-state index in [1.807, 2.05) is 0 Å². The number of aromatic nitrogens is 3. The predicted molar refractivity (Wildman–Crippen MR) is 64.9 cm³/mol. The average Bonchev–Trinajstić information content (AvgIpc) is 2.78. The van der Waals surface area contributed by atoms with Crippen LogP contribution in [0.3, 0.4) is 0 Å². The fourth-order valence-corrected chi connectivity index (χ4v) is 2.35. The summed E-state index contributed by atoms with van der Waals surface area (Å²) in [5.41, 5.74) is 1.28. The Bertz CT molecular complexity index is 479. The number of nitrogens with one attached hydrogen (secondary N) is 1. The van der Waals surface area contributed by atoms with Gasteiger partial charge < -0.3 is 0 Å². The van der Waals surface area contributed by atoms with E-state index in [9.17, 15) is 0 Å². The number of H-pyrrole nitrogens is 1. The van der Waals surface area contributed by atoms with Gasteiger partial charge in [0.1, 0.15) is 5.82 Å². The lowest BCUT2D eigenvalue weighted by Gasteiger charge is -2.07. The van der Waals surface area contributed by atoms with Crippen LogP contribution >= 0.6 is 23.6 Å². The third-order valence-corrected chi connectivity index (χ3v) is 3.27. The first-order valence-electron chi connectivity index (χ1n) is 4.84. The van der Waals surface area contributed by atoms with E-state index in [4.69, 9.17) is 12.2 Å². The Morgan fingerprint density at radius 3 is 3.00 bits per heavy atom. The zero-order valence-corrected chi connectivity index (χ0v) is 10.4. The maximum absolute atomic E-state index is 5.21. The summed E-state index contributed by atoms with van der Waals surface area (Å²) in [5.74, 6) is 1.41. The molecule has 0 spiro atoms. The highest BCUT2D eigenvalue weighted by atomic mass is 32.1. The van der Waals surface area contributed by atoms with E-state index < -0.39 is 0 Å². The molecule has 1 N–H and O–H groups in total.